The van der Waals surface area contributed by atoms with Crippen LogP contribution in [0.4, 0.5) is 0 Å². The van der Waals surface area contributed by atoms with Crippen LogP contribution in [0.25, 0.3) is 10.9 Å². The van der Waals surface area contributed by atoms with Gasteiger partial charge < -0.3 is 15.7 Å². The highest BCUT2D eigenvalue weighted by atomic mass is 32.2. The molecule has 0 aliphatic rings. The molecule has 0 aliphatic heterocycles. The van der Waals surface area contributed by atoms with Gasteiger partial charge in [-0.15, -0.1) is 11.8 Å². The van der Waals surface area contributed by atoms with Gasteiger partial charge in [0.05, 0.1) is 11.4 Å². The second-order valence-corrected chi connectivity index (χ2v) is 10.8. The van der Waals surface area contributed by atoms with Crippen LogP contribution in [-0.2, 0) is 20.1 Å². The smallest absolute Gasteiger partial charge is 0.317 e. The molecule has 1 aromatic carbocycles. The second kappa shape index (κ2) is 11.5. The van der Waals surface area contributed by atoms with Gasteiger partial charge in [-0.05, 0) is 29.4 Å². The molecule has 180 valence electrons. The van der Waals surface area contributed by atoms with Crippen LogP contribution in [0.2, 0.25) is 0 Å². The fourth-order valence-corrected chi connectivity index (χ4v) is 4.97. The molecule has 0 radical (unpaired) electrons. The summed E-state index contributed by atoms with van der Waals surface area (Å²) in [6.07, 6.45) is 2.11. The van der Waals surface area contributed by atoms with Gasteiger partial charge in [0, 0.05) is 24.4 Å². The van der Waals surface area contributed by atoms with Crippen molar-refractivity contribution in [2.24, 2.45) is 17.3 Å². The van der Waals surface area contributed by atoms with Crippen LogP contribution in [0.1, 0.15) is 46.6 Å². The van der Waals surface area contributed by atoms with E-state index in [4.69, 9.17) is 0 Å². The lowest BCUT2D eigenvalue weighted by Gasteiger charge is -2.32. The number of thioether (sulfide) groups is 1. The van der Waals surface area contributed by atoms with Gasteiger partial charge in [-0.3, -0.25) is 19.4 Å². The Morgan fingerprint density at radius 1 is 1.09 bits per heavy atom. The lowest BCUT2D eigenvalue weighted by molar-refractivity contribution is -0.141. The molecule has 7 nitrogen and oxygen atoms in total. The van der Waals surface area contributed by atoms with E-state index in [0.717, 1.165) is 16.5 Å². The fraction of sp³-hybridized carbons (Fsp3) is 0.520. The van der Waals surface area contributed by atoms with Crippen molar-refractivity contribution < 1.29 is 19.5 Å². The minimum Gasteiger partial charge on any atom is -0.480 e. The molecule has 2 amide bonds. The van der Waals surface area contributed by atoms with Crippen molar-refractivity contribution in [3.8, 4) is 0 Å². The maximum absolute atomic E-state index is 13.3. The zero-order valence-electron chi connectivity index (χ0n) is 20.2. The Labute approximate surface area is 200 Å². The molecule has 0 aliphatic carbocycles. The lowest BCUT2D eigenvalue weighted by atomic mass is 9.85. The van der Waals surface area contributed by atoms with E-state index in [0.29, 0.717) is 12.2 Å². The Hall–Kier alpha value is -2.61. The number of aliphatic carboxylic acids is 1. The number of hydrogen-bond donors (Lipinski definition) is 3. The normalized spacial score (nSPS) is 14.5. The Morgan fingerprint density at radius 2 is 1.76 bits per heavy atom. The number of carbonyl (C=O) groups is 3. The molecular formula is C25H35N3O4S. The third-order valence-corrected chi connectivity index (χ3v) is 6.83. The zero-order valence-corrected chi connectivity index (χ0v) is 21.0. The summed E-state index contributed by atoms with van der Waals surface area (Å²) in [5.74, 6) is -2.03. The van der Waals surface area contributed by atoms with Crippen molar-refractivity contribution in [3.63, 3.8) is 0 Å². The molecular weight excluding hydrogens is 438 g/mol. The standard InChI is InChI=1S/C25H35N3O4S/c1-15(2)13-18(22(29)28-21(23(30)26-6)25(3,4)5)20(24(31)32)33-14-17-10-7-9-16-11-8-12-27-19(16)17/h7-12,15,18,20-21H,13-14H2,1-6H3,(H,26,30)(H,28,29)(H,31,32)/t18-,20+,21-/m1/s1. The summed E-state index contributed by atoms with van der Waals surface area (Å²) in [6, 6.07) is 8.87. The van der Waals surface area contributed by atoms with Crippen molar-refractivity contribution >= 4 is 40.4 Å². The molecule has 0 unspecified atom stereocenters. The highest BCUT2D eigenvalue weighted by molar-refractivity contribution is 7.99. The summed E-state index contributed by atoms with van der Waals surface area (Å²) in [7, 11) is 1.52. The Balaban J connectivity index is 2.30. The summed E-state index contributed by atoms with van der Waals surface area (Å²) in [6.45, 7) is 9.50. The third kappa shape index (κ3) is 7.19. The molecule has 8 heteroatoms. The fourth-order valence-electron chi connectivity index (χ4n) is 3.77. The Bertz CT molecular complexity index is 982. The number of nitrogens with zero attached hydrogens (tertiary/aromatic N) is 1. The van der Waals surface area contributed by atoms with Crippen molar-refractivity contribution in [3.05, 3.63) is 42.1 Å². The lowest BCUT2D eigenvalue weighted by Crippen LogP contribution is -2.55. The quantitative estimate of drug-likeness (QED) is 0.484. The van der Waals surface area contributed by atoms with E-state index in [9.17, 15) is 19.5 Å². The molecule has 1 aromatic heterocycles. The summed E-state index contributed by atoms with van der Waals surface area (Å²) in [5.41, 5.74) is 1.22. The summed E-state index contributed by atoms with van der Waals surface area (Å²) in [4.78, 5) is 42.5. The van der Waals surface area contributed by atoms with Gasteiger partial charge in [-0.25, -0.2) is 0 Å². The van der Waals surface area contributed by atoms with E-state index in [1.165, 1.54) is 18.8 Å². The maximum atomic E-state index is 13.3. The average molecular weight is 474 g/mol. The number of hydrogen-bond acceptors (Lipinski definition) is 5. The van der Waals surface area contributed by atoms with E-state index in [2.05, 4.69) is 15.6 Å². The van der Waals surface area contributed by atoms with Crippen LogP contribution in [0.5, 0.6) is 0 Å². The molecule has 33 heavy (non-hydrogen) atoms. The molecule has 0 fully saturated rings. The topological polar surface area (TPSA) is 108 Å². The summed E-state index contributed by atoms with van der Waals surface area (Å²) in [5, 5.41) is 15.5. The van der Waals surface area contributed by atoms with Crippen LogP contribution in [0.15, 0.2) is 36.5 Å². The molecule has 3 N–H and O–H groups in total. The van der Waals surface area contributed by atoms with Gasteiger partial charge >= 0.3 is 5.97 Å². The first-order valence-corrected chi connectivity index (χ1v) is 12.2. The van der Waals surface area contributed by atoms with E-state index in [1.807, 2.05) is 65.0 Å². The van der Waals surface area contributed by atoms with Gasteiger partial charge in [0.1, 0.15) is 11.3 Å². The minimum absolute atomic E-state index is 0.107. The number of para-hydroxylation sites is 1. The second-order valence-electron chi connectivity index (χ2n) is 9.72. The van der Waals surface area contributed by atoms with Gasteiger partial charge in [0.2, 0.25) is 11.8 Å². The average Bonchev–Trinajstić information content (AvgIpc) is 2.74. The Kier molecular flexibility index (Phi) is 9.28. The van der Waals surface area contributed by atoms with Gasteiger partial charge in [-0.2, -0.15) is 0 Å². The number of fused-ring (bicyclic) bond motifs is 1. The van der Waals surface area contributed by atoms with E-state index >= 15 is 0 Å². The maximum Gasteiger partial charge on any atom is 0.317 e. The molecule has 2 aromatic rings. The van der Waals surface area contributed by atoms with Gasteiger partial charge in [0.25, 0.3) is 0 Å². The van der Waals surface area contributed by atoms with Crippen LogP contribution >= 0.6 is 11.8 Å². The monoisotopic (exact) mass is 473 g/mol. The number of aromatic nitrogens is 1. The van der Waals surface area contributed by atoms with Crippen LogP contribution in [0.3, 0.4) is 0 Å². The number of pyridine rings is 1. The van der Waals surface area contributed by atoms with Crippen molar-refractivity contribution in [2.45, 2.75) is 58.1 Å². The zero-order chi connectivity index (χ0) is 24.8. The molecule has 1 heterocycles. The van der Waals surface area contributed by atoms with E-state index < -0.39 is 34.5 Å². The third-order valence-electron chi connectivity index (χ3n) is 5.47. The number of rotatable bonds is 10. The number of carboxylic acids is 1. The first-order chi connectivity index (χ1) is 15.5. The Morgan fingerprint density at radius 3 is 2.33 bits per heavy atom. The minimum atomic E-state index is -1.04. The number of carbonyl (C=O) groups excluding carboxylic acids is 2. The number of benzene rings is 1. The molecule has 0 saturated carbocycles. The first-order valence-electron chi connectivity index (χ1n) is 11.1. The predicted molar refractivity (Wildman–Crippen MR) is 133 cm³/mol. The molecule has 0 saturated heterocycles. The number of nitrogens with one attached hydrogen (secondary N) is 2. The number of carboxylic acid groups (broad SMARTS) is 1. The number of amides is 2. The number of likely N-dealkylation sites (N-methyl/N-ethyl adjacent to an activating group) is 1. The van der Waals surface area contributed by atoms with E-state index in [-0.39, 0.29) is 11.8 Å². The molecule has 2 rings (SSSR count). The van der Waals surface area contributed by atoms with Crippen LogP contribution in [0, 0.1) is 17.3 Å². The summed E-state index contributed by atoms with van der Waals surface area (Å²) >= 11 is 1.22. The van der Waals surface area contributed by atoms with Crippen LogP contribution < -0.4 is 10.6 Å². The van der Waals surface area contributed by atoms with Gasteiger partial charge in [0.15, 0.2) is 0 Å². The van der Waals surface area contributed by atoms with Crippen LogP contribution in [-0.4, -0.2) is 46.2 Å². The predicted octanol–water partition coefficient (Wildman–Crippen LogP) is 3.86. The van der Waals surface area contributed by atoms with Crippen molar-refractivity contribution in [2.75, 3.05) is 7.05 Å². The summed E-state index contributed by atoms with van der Waals surface area (Å²) < 4.78 is 0. The van der Waals surface area contributed by atoms with Crippen molar-refractivity contribution in [1.29, 1.82) is 0 Å². The molecule has 0 spiro atoms. The SMILES string of the molecule is CNC(=O)[C@@H](NC(=O)[C@H](CC(C)C)[C@H](SCc1cccc2cccnc12)C(=O)O)C(C)(C)C. The highest BCUT2D eigenvalue weighted by Crippen LogP contribution is 2.31. The largest absolute Gasteiger partial charge is 0.480 e. The molecule has 3 atom stereocenters. The van der Waals surface area contributed by atoms with Gasteiger partial charge in [-0.1, -0.05) is 58.9 Å². The highest BCUT2D eigenvalue weighted by Gasteiger charge is 2.39. The van der Waals surface area contributed by atoms with E-state index in [1.54, 1.807) is 6.20 Å². The first kappa shape index (κ1) is 26.6. The van der Waals surface area contributed by atoms with Crippen molar-refractivity contribution in [1.82, 2.24) is 15.6 Å². The molecule has 0 bridgehead atoms.